The maximum atomic E-state index is 12.0. The van der Waals surface area contributed by atoms with Gasteiger partial charge in [-0.3, -0.25) is 9.59 Å². The lowest BCUT2D eigenvalue weighted by molar-refractivity contribution is -0.119. The Morgan fingerprint density at radius 2 is 2.06 bits per heavy atom. The molecule has 0 N–H and O–H groups in total. The van der Waals surface area contributed by atoms with E-state index in [0.29, 0.717) is 25.7 Å². The first-order valence-electron chi connectivity index (χ1n) is 6.35. The fourth-order valence-electron chi connectivity index (χ4n) is 2.16. The third-order valence-corrected chi connectivity index (χ3v) is 3.43. The van der Waals surface area contributed by atoms with Gasteiger partial charge in [0, 0.05) is 19.3 Å². The van der Waals surface area contributed by atoms with E-state index in [9.17, 15) is 9.59 Å². The van der Waals surface area contributed by atoms with Crippen LogP contribution in [0.3, 0.4) is 0 Å². The summed E-state index contributed by atoms with van der Waals surface area (Å²) in [4.78, 5) is 23.5. The monoisotopic (exact) mass is 234 g/mol. The van der Waals surface area contributed by atoms with E-state index < -0.39 is 0 Å². The maximum absolute atomic E-state index is 12.0. The van der Waals surface area contributed by atoms with Gasteiger partial charge in [0.1, 0.15) is 5.78 Å². The van der Waals surface area contributed by atoms with Gasteiger partial charge in [0.2, 0.25) is 0 Å². The first-order chi connectivity index (χ1) is 7.95. The van der Waals surface area contributed by atoms with Crippen LogP contribution in [0.2, 0.25) is 0 Å². The molecule has 0 amide bonds. The van der Waals surface area contributed by atoms with Crippen LogP contribution in [0.1, 0.15) is 53.4 Å². The topological polar surface area (TPSA) is 34.1 Å². The first kappa shape index (κ1) is 13.9. The lowest BCUT2D eigenvalue weighted by atomic mass is 9.92. The summed E-state index contributed by atoms with van der Waals surface area (Å²) in [5.74, 6) is 0.707. The number of Topliss-reactive ketones (excluding diaryl/α,β-unsaturated/α-hetero) is 2. The van der Waals surface area contributed by atoms with Crippen molar-refractivity contribution in [3.8, 4) is 0 Å². The summed E-state index contributed by atoms with van der Waals surface area (Å²) < 4.78 is 0. The van der Waals surface area contributed by atoms with Gasteiger partial charge in [-0.1, -0.05) is 31.1 Å². The van der Waals surface area contributed by atoms with Gasteiger partial charge in [0.25, 0.3) is 0 Å². The molecule has 0 saturated heterocycles. The molecule has 0 aromatic heterocycles. The predicted octanol–water partition coefficient (Wildman–Crippen LogP) is 3.62. The number of carbonyl (C=O) groups is 2. The van der Waals surface area contributed by atoms with Crippen molar-refractivity contribution < 1.29 is 9.59 Å². The Morgan fingerprint density at radius 3 is 2.59 bits per heavy atom. The van der Waals surface area contributed by atoms with Gasteiger partial charge in [-0.2, -0.15) is 0 Å². The molecule has 2 nitrogen and oxygen atoms in total. The highest BCUT2D eigenvalue weighted by Gasteiger charge is 2.22. The van der Waals surface area contributed by atoms with Crippen LogP contribution < -0.4 is 0 Å². The summed E-state index contributed by atoms with van der Waals surface area (Å²) in [6.45, 7) is 7.89. The molecule has 0 aromatic carbocycles. The minimum atomic E-state index is 0.204. The zero-order valence-electron chi connectivity index (χ0n) is 11.3. The molecule has 1 aliphatic carbocycles. The summed E-state index contributed by atoms with van der Waals surface area (Å²) in [6.07, 6.45) is 4.42. The fraction of sp³-hybridized carbons (Fsp3) is 0.600. The average Bonchev–Trinajstić information content (AvgIpc) is 2.38. The summed E-state index contributed by atoms with van der Waals surface area (Å²) >= 11 is 0. The van der Waals surface area contributed by atoms with Gasteiger partial charge in [0.15, 0.2) is 5.78 Å². The largest absolute Gasteiger partial charge is 0.299 e. The standard InChI is InChI=1S/C15H22O2/c1-5-13(16)9-12-6-7-14(10(2)3)15(17)8-11(12)4/h6,11H,5,7-9H2,1-4H3. The Labute approximate surface area is 104 Å². The second-order valence-electron chi connectivity index (χ2n) is 5.06. The van der Waals surface area contributed by atoms with Gasteiger partial charge < -0.3 is 0 Å². The minimum absolute atomic E-state index is 0.204. The molecule has 2 heteroatoms. The van der Waals surface area contributed by atoms with Gasteiger partial charge in [-0.15, -0.1) is 0 Å². The van der Waals surface area contributed by atoms with Crippen molar-refractivity contribution in [1.29, 1.82) is 0 Å². The lowest BCUT2D eigenvalue weighted by Crippen LogP contribution is -2.09. The molecule has 1 rings (SSSR count). The Balaban J connectivity index is 2.90. The molecule has 1 unspecified atom stereocenters. The number of rotatable bonds is 3. The number of hydrogen-bond donors (Lipinski definition) is 0. The molecule has 0 radical (unpaired) electrons. The molecule has 0 bridgehead atoms. The number of carbonyl (C=O) groups excluding carboxylic acids is 2. The van der Waals surface area contributed by atoms with E-state index in [2.05, 4.69) is 6.08 Å². The molecule has 0 aromatic rings. The predicted molar refractivity (Wildman–Crippen MR) is 69.8 cm³/mol. The van der Waals surface area contributed by atoms with Crippen molar-refractivity contribution in [2.24, 2.45) is 5.92 Å². The molecule has 0 saturated carbocycles. The van der Waals surface area contributed by atoms with Crippen molar-refractivity contribution >= 4 is 11.6 Å². The van der Waals surface area contributed by atoms with E-state index in [0.717, 1.165) is 16.7 Å². The molecule has 0 spiro atoms. The van der Waals surface area contributed by atoms with Crippen LogP contribution in [0.25, 0.3) is 0 Å². The zero-order valence-corrected chi connectivity index (χ0v) is 11.3. The van der Waals surface area contributed by atoms with Crippen molar-refractivity contribution in [3.63, 3.8) is 0 Å². The van der Waals surface area contributed by atoms with Crippen LogP contribution in [-0.4, -0.2) is 11.6 Å². The highest BCUT2D eigenvalue weighted by Crippen LogP contribution is 2.28. The molecule has 0 fully saturated rings. The van der Waals surface area contributed by atoms with E-state index in [1.807, 2.05) is 27.7 Å². The minimum Gasteiger partial charge on any atom is -0.299 e. The van der Waals surface area contributed by atoms with E-state index in [1.165, 1.54) is 0 Å². The van der Waals surface area contributed by atoms with Gasteiger partial charge in [0.05, 0.1) is 0 Å². The van der Waals surface area contributed by atoms with Crippen LogP contribution in [0, 0.1) is 5.92 Å². The second-order valence-corrected chi connectivity index (χ2v) is 5.06. The lowest BCUT2D eigenvalue weighted by Gasteiger charge is -2.12. The number of ketones is 2. The van der Waals surface area contributed by atoms with Crippen molar-refractivity contribution in [1.82, 2.24) is 0 Å². The van der Waals surface area contributed by atoms with Gasteiger partial charge in [-0.25, -0.2) is 0 Å². The summed E-state index contributed by atoms with van der Waals surface area (Å²) in [5.41, 5.74) is 3.17. The van der Waals surface area contributed by atoms with Gasteiger partial charge in [-0.05, 0) is 31.8 Å². The summed E-state index contributed by atoms with van der Waals surface area (Å²) in [5, 5.41) is 0. The van der Waals surface area contributed by atoms with E-state index in [1.54, 1.807) is 0 Å². The van der Waals surface area contributed by atoms with Crippen LogP contribution in [0.15, 0.2) is 22.8 Å². The molecular weight excluding hydrogens is 212 g/mol. The number of allylic oxidation sites excluding steroid dienone is 4. The van der Waals surface area contributed by atoms with Crippen LogP contribution in [-0.2, 0) is 9.59 Å². The van der Waals surface area contributed by atoms with Crippen LogP contribution >= 0.6 is 0 Å². The smallest absolute Gasteiger partial charge is 0.159 e. The molecule has 1 aliphatic rings. The Hall–Kier alpha value is -1.18. The van der Waals surface area contributed by atoms with Crippen molar-refractivity contribution in [2.45, 2.75) is 53.4 Å². The second kappa shape index (κ2) is 5.95. The Bertz CT molecular complexity index is 382. The van der Waals surface area contributed by atoms with Crippen molar-refractivity contribution in [2.75, 3.05) is 0 Å². The molecular formula is C15H22O2. The SMILES string of the molecule is CCC(=O)CC1=CCC(=C(C)C)C(=O)CC1C. The number of hydrogen-bond acceptors (Lipinski definition) is 2. The van der Waals surface area contributed by atoms with E-state index in [4.69, 9.17) is 0 Å². The summed E-state index contributed by atoms with van der Waals surface area (Å²) in [6, 6.07) is 0. The fourth-order valence-corrected chi connectivity index (χ4v) is 2.16. The normalized spacial score (nSPS) is 20.9. The molecule has 1 atom stereocenters. The highest BCUT2D eigenvalue weighted by molar-refractivity contribution is 5.97. The third kappa shape index (κ3) is 3.65. The maximum Gasteiger partial charge on any atom is 0.159 e. The Kier molecular flexibility index (Phi) is 4.86. The van der Waals surface area contributed by atoms with Gasteiger partial charge >= 0.3 is 0 Å². The molecule has 0 aliphatic heterocycles. The molecule has 94 valence electrons. The molecule has 17 heavy (non-hydrogen) atoms. The summed E-state index contributed by atoms with van der Waals surface area (Å²) in [7, 11) is 0. The third-order valence-electron chi connectivity index (χ3n) is 3.43. The molecule has 0 heterocycles. The van der Waals surface area contributed by atoms with Crippen molar-refractivity contribution in [3.05, 3.63) is 22.8 Å². The first-order valence-corrected chi connectivity index (χ1v) is 6.35. The zero-order chi connectivity index (χ0) is 13.0. The highest BCUT2D eigenvalue weighted by atomic mass is 16.1. The van der Waals surface area contributed by atoms with E-state index in [-0.39, 0.29) is 17.5 Å². The van der Waals surface area contributed by atoms with Crippen LogP contribution in [0.4, 0.5) is 0 Å². The Morgan fingerprint density at radius 1 is 1.41 bits per heavy atom. The van der Waals surface area contributed by atoms with Crippen LogP contribution in [0.5, 0.6) is 0 Å². The quantitative estimate of drug-likeness (QED) is 0.552. The van der Waals surface area contributed by atoms with E-state index >= 15 is 0 Å². The average molecular weight is 234 g/mol.